The van der Waals surface area contributed by atoms with Crippen molar-refractivity contribution in [1.82, 2.24) is 15.5 Å². The van der Waals surface area contributed by atoms with Gasteiger partial charge in [-0.15, -0.1) is 0 Å². The predicted molar refractivity (Wildman–Crippen MR) is 72.6 cm³/mol. The van der Waals surface area contributed by atoms with Gasteiger partial charge in [0.05, 0.1) is 12.6 Å². The van der Waals surface area contributed by atoms with Gasteiger partial charge in [-0.05, 0) is 12.8 Å². The van der Waals surface area contributed by atoms with Crippen LogP contribution in [0.2, 0.25) is 0 Å². The fourth-order valence-electron chi connectivity index (χ4n) is 2.42. The molecule has 0 aliphatic carbocycles. The van der Waals surface area contributed by atoms with E-state index in [0.29, 0.717) is 19.2 Å². The van der Waals surface area contributed by atoms with Crippen LogP contribution < -0.4 is 10.6 Å². The summed E-state index contributed by atoms with van der Waals surface area (Å²) in [6, 6.07) is 0.229. The highest BCUT2D eigenvalue weighted by molar-refractivity contribution is 5.82. The average Bonchev–Trinajstić information content (AvgIpc) is 2.43. The van der Waals surface area contributed by atoms with Gasteiger partial charge in [0, 0.05) is 39.3 Å². The Morgan fingerprint density at radius 3 is 2.61 bits per heavy atom. The highest BCUT2D eigenvalue weighted by Crippen LogP contribution is 2.11. The van der Waals surface area contributed by atoms with Crippen molar-refractivity contribution in [2.45, 2.75) is 38.8 Å². The van der Waals surface area contributed by atoms with Crippen molar-refractivity contribution in [1.29, 1.82) is 0 Å². The van der Waals surface area contributed by atoms with E-state index in [2.05, 4.69) is 24.5 Å². The molecule has 0 aromatic heterocycles. The lowest BCUT2D eigenvalue weighted by Gasteiger charge is -2.35. The number of rotatable bonds is 7. The second kappa shape index (κ2) is 8.45. The standard InChI is InChI=1S/C13H27N3O2/c1-4-11(5-2)16(8-9-18-3)13(17)12-10-14-6-7-15-12/h11-12,14-15H,4-10H2,1-3H3. The molecule has 0 spiro atoms. The van der Waals surface area contributed by atoms with Crippen LogP contribution in [0.15, 0.2) is 0 Å². The quantitative estimate of drug-likeness (QED) is 0.685. The van der Waals surface area contributed by atoms with Crippen LogP contribution in [0.4, 0.5) is 0 Å². The van der Waals surface area contributed by atoms with Crippen molar-refractivity contribution in [3.05, 3.63) is 0 Å². The molecule has 1 heterocycles. The summed E-state index contributed by atoms with van der Waals surface area (Å²) >= 11 is 0. The van der Waals surface area contributed by atoms with Gasteiger partial charge in [0.2, 0.25) is 5.91 Å². The van der Waals surface area contributed by atoms with Crippen molar-refractivity contribution in [2.24, 2.45) is 0 Å². The van der Waals surface area contributed by atoms with E-state index in [0.717, 1.165) is 32.5 Å². The van der Waals surface area contributed by atoms with Crippen molar-refractivity contribution in [3.63, 3.8) is 0 Å². The average molecular weight is 257 g/mol. The van der Waals surface area contributed by atoms with Gasteiger partial charge >= 0.3 is 0 Å². The maximum Gasteiger partial charge on any atom is 0.241 e. The summed E-state index contributed by atoms with van der Waals surface area (Å²) in [7, 11) is 1.68. The highest BCUT2D eigenvalue weighted by atomic mass is 16.5. The molecule has 5 nitrogen and oxygen atoms in total. The van der Waals surface area contributed by atoms with Gasteiger partial charge in [-0.1, -0.05) is 13.8 Å². The molecule has 1 fully saturated rings. The van der Waals surface area contributed by atoms with Gasteiger partial charge in [-0.25, -0.2) is 0 Å². The zero-order valence-corrected chi connectivity index (χ0v) is 11.9. The SMILES string of the molecule is CCC(CC)N(CCOC)C(=O)C1CNCCN1. The number of nitrogens with zero attached hydrogens (tertiary/aromatic N) is 1. The van der Waals surface area contributed by atoms with E-state index < -0.39 is 0 Å². The zero-order valence-electron chi connectivity index (χ0n) is 11.9. The molecular formula is C13H27N3O2. The molecule has 0 bridgehead atoms. The van der Waals surface area contributed by atoms with Crippen LogP contribution in [-0.2, 0) is 9.53 Å². The van der Waals surface area contributed by atoms with E-state index in [-0.39, 0.29) is 11.9 Å². The van der Waals surface area contributed by atoms with E-state index >= 15 is 0 Å². The third kappa shape index (κ3) is 4.23. The topological polar surface area (TPSA) is 53.6 Å². The van der Waals surface area contributed by atoms with Gasteiger partial charge in [0.15, 0.2) is 0 Å². The number of piperazine rings is 1. The number of amides is 1. The summed E-state index contributed by atoms with van der Waals surface area (Å²) in [5.74, 6) is 0.202. The van der Waals surface area contributed by atoms with E-state index in [1.165, 1.54) is 0 Å². The Morgan fingerprint density at radius 2 is 2.11 bits per heavy atom. The Hall–Kier alpha value is -0.650. The Bertz CT molecular complexity index is 238. The van der Waals surface area contributed by atoms with Crippen LogP contribution in [0.1, 0.15) is 26.7 Å². The monoisotopic (exact) mass is 257 g/mol. The number of carbonyl (C=O) groups excluding carboxylic acids is 1. The first-order chi connectivity index (χ1) is 8.74. The largest absolute Gasteiger partial charge is 0.383 e. The molecule has 18 heavy (non-hydrogen) atoms. The first-order valence-corrected chi connectivity index (χ1v) is 6.98. The molecule has 1 rings (SSSR count). The molecule has 5 heteroatoms. The highest BCUT2D eigenvalue weighted by Gasteiger charge is 2.28. The minimum Gasteiger partial charge on any atom is -0.383 e. The minimum atomic E-state index is -0.0868. The van der Waals surface area contributed by atoms with Crippen LogP contribution in [0.3, 0.4) is 0 Å². The second-order valence-electron chi connectivity index (χ2n) is 4.71. The summed E-state index contributed by atoms with van der Waals surface area (Å²) in [4.78, 5) is 14.5. The van der Waals surface area contributed by atoms with E-state index in [1.54, 1.807) is 7.11 Å². The second-order valence-corrected chi connectivity index (χ2v) is 4.71. The number of methoxy groups -OCH3 is 1. The molecule has 0 saturated carbocycles. The Morgan fingerprint density at radius 1 is 1.39 bits per heavy atom. The summed E-state index contributed by atoms with van der Waals surface area (Å²) in [6.45, 7) is 8.07. The van der Waals surface area contributed by atoms with E-state index in [9.17, 15) is 4.79 Å². The molecular weight excluding hydrogens is 230 g/mol. The lowest BCUT2D eigenvalue weighted by Crippen LogP contribution is -2.58. The first kappa shape index (κ1) is 15.4. The lowest BCUT2D eigenvalue weighted by atomic mass is 10.1. The Labute approximate surface area is 110 Å². The number of hydrogen-bond donors (Lipinski definition) is 2. The number of carbonyl (C=O) groups is 1. The number of ether oxygens (including phenoxy) is 1. The zero-order chi connectivity index (χ0) is 13.4. The first-order valence-electron chi connectivity index (χ1n) is 6.98. The van der Waals surface area contributed by atoms with Crippen molar-refractivity contribution in [2.75, 3.05) is 39.9 Å². The van der Waals surface area contributed by atoms with Gasteiger partial charge in [-0.3, -0.25) is 4.79 Å². The van der Waals surface area contributed by atoms with Gasteiger partial charge in [0.25, 0.3) is 0 Å². The van der Waals surface area contributed by atoms with Crippen molar-refractivity contribution >= 4 is 5.91 Å². The predicted octanol–water partition coefficient (Wildman–Crippen LogP) is 0.211. The smallest absolute Gasteiger partial charge is 0.241 e. The molecule has 1 aliphatic heterocycles. The van der Waals surface area contributed by atoms with Crippen molar-refractivity contribution < 1.29 is 9.53 Å². The fraction of sp³-hybridized carbons (Fsp3) is 0.923. The minimum absolute atomic E-state index is 0.0868. The summed E-state index contributed by atoms with van der Waals surface area (Å²) < 4.78 is 5.12. The molecule has 0 radical (unpaired) electrons. The number of hydrogen-bond acceptors (Lipinski definition) is 4. The molecule has 1 aliphatic rings. The van der Waals surface area contributed by atoms with Gasteiger partial charge < -0.3 is 20.3 Å². The van der Waals surface area contributed by atoms with Crippen LogP contribution in [0.25, 0.3) is 0 Å². The van der Waals surface area contributed by atoms with Crippen LogP contribution in [0, 0.1) is 0 Å². The van der Waals surface area contributed by atoms with Crippen LogP contribution in [-0.4, -0.2) is 62.8 Å². The molecule has 0 aromatic carbocycles. The fourth-order valence-corrected chi connectivity index (χ4v) is 2.42. The Balaban J connectivity index is 2.63. The van der Waals surface area contributed by atoms with Crippen molar-refractivity contribution in [3.8, 4) is 0 Å². The molecule has 1 unspecified atom stereocenters. The molecule has 0 aromatic rings. The lowest BCUT2D eigenvalue weighted by molar-refractivity contribution is -0.137. The summed E-state index contributed by atoms with van der Waals surface area (Å²) in [6.07, 6.45) is 1.98. The van der Waals surface area contributed by atoms with Crippen LogP contribution in [0.5, 0.6) is 0 Å². The van der Waals surface area contributed by atoms with Gasteiger partial charge in [0.1, 0.15) is 0 Å². The summed E-state index contributed by atoms with van der Waals surface area (Å²) in [5, 5.41) is 6.54. The molecule has 1 amide bonds. The summed E-state index contributed by atoms with van der Waals surface area (Å²) in [5.41, 5.74) is 0. The van der Waals surface area contributed by atoms with Gasteiger partial charge in [-0.2, -0.15) is 0 Å². The molecule has 106 valence electrons. The maximum atomic E-state index is 12.5. The van der Waals surface area contributed by atoms with E-state index in [1.807, 2.05) is 4.90 Å². The molecule has 1 saturated heterocycles. The number of nitrogens with one attached hydrogen (secondary N) is 2. The maximum absolute atomic E-state index is 12.5. The third-order valence-corrected chi connectivity index (χ3v) is 3.54. The molecule has 2 N–H and O–H groups in total. The third-order valence-electron chi connectivity index (χ3n) is 3.54. The molecule has 1 atom stereocenters. The normalized spacial score (nSPS) is 20.1. The van der Waals surface area contributed by atoms with E-state index in [4.69, 9.17) is 4.74 Å². The van der Waals surface area contributed by atoms with Crippen LogP contribution >= 0.6 is 0 Å². The Kier molecular flexibility index (Phi) is 7.23.